The summed E-state index contributed by atoms with van der Waals surface area (Å²) in [6.07, 6.45) is -3.69. The largest absolute Gasteiger partial charge is 0.397 e. The van der Waals surface area contributed by atoms with Crippen molar-refractivity contribution in [2.45, 2.75) is 31.9 Å². The lowest BCUT2D eigenvalue weighted by Gasteiger charge is -2.29. The molecule has 1 aromatic carbocycles. The molecular weight excluding hydrogens is 305 g/mol. The van der Waals surface area contributed by atoms with E-state index in [9.17, 15) is 18.0 Å². The third-order valence-corrected chi connectivity index (χ3v) is 4.07. The average molecular weight is 321 g/mol. The van der Waals surface area contributed by atoms with Gasteiger partial charge in [-0.25, -0.2) is 0 Å². The Bertz CT molecular complexity index is 525. The van der Waals surface area contributed by atoms with E-state index in [0.717, 1.165) is 0 Å². The molecule has 21 heavy (non-hydrogen) atoms. The van der Waals surface area contributed by atoms with Crippen molar-refractivity contribution in [3.63, 3.8) is 0 Å². The minimum Gasteiger partial charge on any atom is -0.397 e. The van der Waals surface area contributed by atoms with Gasteiger partial charge in [-0.3, -0.25) is 4.79 Å². The van der Waals surface area contributed by atoms with Gasteiger partial charge in [0.05, 0.1) is 17.3 Å². The van der Waals surface area contributed by atoms with Crippen LogP contribution in [0.15, 0.2) is 18.2 Å². The number of benzene rings is 1. The molecule has 1 aliphatic rings. The smallest absolute Gasteiger partial charge is 0.391 e. The molecule has 0 radical (unpaired) electrons. The quantitative estimate of drug-likeness (QED) is 0.801. The first kappa shape index (κ1) is 15.9. The van der Waals surface area contributed by atoms with Crippen molar-refractivity contribution in [3.05, 3.63) is 23.2 Å². The van der Waals surface area contributed by atoms with E-state index in [4.69, 9.17) is 17.3 Å². The third kappa shape index (κ3) is 4.03. The molecule has 0 heterocycles. The molecule has 116 valence electrons. The molecule has 1 fully saturated rings. The van der Waals surface area contributed by atoms with Gasteiger partial charge in [0.1, 0.15) is 0 Å². The van der Waals surface area contributed by atoms with Crippen molar-refractivity contribution >= 4 is 28.9 Å². The van der Waals surface area contributed by atoms with E-state index in [1.54, 1.807) is 12.1 Å². The highest BCUT2D eigenvalue weighted by atomic mass is 35.5. The summed E-state index contributed by atoms with van der Waals surface area (Å²) in [6.45, 7) is 0. The van der Waals surface area contributed by atoms with Gasteiger partial charge in [0.15, 0.2) is 0 Å². The van der Waals surface area contributed by atoms with Gasteiger partial charge in [-0.15, -0.1) is 0 Å². The lowest BCUT2D eigenvalue weighted by molar-refractivity contribution is -0.184. The van der Waals surface area contributed by atoms with Crippen molar-refractivity contribution in [1.82, 2.24) is 0 Å². The molecule has 1 aliphatic carbocycles. The maximum absolute atomic E-state index is 12.6. The standard InChI is InChI=1S/C14H16ClF3N2O/c15-10-5-6-12(11(19)7-10)20-13(21)8-1-3-9(4-2-8)14(16,17)18/h5-9H,1-4,19H2,(H,20,21). The van der Waals surface area contributed by atoms with Crippen LogP contribution in [0.25, 0.3) is 0 Å². The topological polar surface area (TPSA) is 55.1 Å². The van der Waals surface area contributed by atoms with Crippen molar-refractivity contribution in [2.24, 2.45) is 11.8 Å². The van der Waals surface area contributed by atoms with Gasteiger partial charge in [0.25, 0.3) is 0 Å². The Morgan fingerprint density at radius 2 is 1.86 bits per heavy atom. The summed E-state index contributed by atoms with van der Waals surface area (Å²) in [5.41, 5.74) is 6.50. The van der Waals surface area contributed by atoms with E-state index >= 15 is 0 Å². The summed E-state index contributed by atoms with van der Waals surface area (Å²) in [7, 11) is 0. The van der Waals surface area contributed by atoms with Crippen LogP contribution in [0.1, 0.15) is 25.7 Å². The number of alkyl halides is 3. The maximum atomic E-state index is 12.6. The van der Waals surface area contributed by atoms with Crippen LogP contribution in [-0.2, 0) is 4.79 Å². The van der Waals surface area contributed by atoms with E-state index in [0.29, 0.717) is 16.4 Å². The summed E-state index contributed by atoms with van der Waals surface area (Å²) in [5.74, 6) is -1.98. The first-order valence-electron chi connectivity index (χ1n) is 6.70. The number of rotatable bonds is 2. The number of amides is 1. The summed E-state index contributed by atoms with van der Waals surface area (Å²) in [4.78, 5) is 12.1. The summed E-state index contributed by atoms with van der Waals surface area (Å²) in [6, 6.07) is 4.68. The van der Waals surface area contributed by atoms with Gasteiger partial charge in [0, 0.05) is 10.9 Å². The van der Waals surface area contributed by atoms with Crippen molar-refractivity contribution in [3.8, 4) is 0 Å². The second-order valence-electron chi connectivity index (χ2n) is 5.31. The highest BCUT2D eigenvalue weighted by molar-refractivity contribution is 6.31. The molecule has 3 N–H and O–H groups in total. The van der Waals surface area contributed by atoms with Gasteiger partial charge in [-0.05, 0) is 43.9 Å². The zero-order chi connectivity index (χ0) is 15.6. The van der Waals surface area contributed by atoms with Gasteiger partial charge < -0.3 is 11.1 Å². The molecule has 2 rings (SSSR count). The minimum atomic E-state index is -4.16. The fourth-order valence-electron chi connectivity index (χ4n) is 2.57. The molecule has 7 heteroatoms. The van der Waals surface area contributed by atoms with Gasteiger partial charge in [-0.2, -0.15) is 13.2 Å². The molecule has 0 bridgehead atoms. The van der Waals surface area contributed by atoms with Crippen molar-refractivity contribution < 1.29 is 18.0 Å². The highest BCUT2D eigenvalue weighted by Crippen LogP contribution is 2.39. The number of hydrogen-bond acceptors (Lipinski definition) is 2. The van der Waals surface area contributed by atoms with Crippen LogP contribution in [-0.4, -0.2) is 12.1 Å². The summed E-state index contributed by atoms with van der Waals surface area (Å²) < 4.78 is 37.7. The second kappa shape index (κ2) is 6.13. The Labute approximate surface area is 125 Å². The molecule has 0 aromatic heterocycles. The zero-order valence-electron chi connectivity index (χ0n) is 11.2. The summed E-state index contributed by atoms with van der Waals surface area (Å²) in [5, 5.41) is 3.11. The first-order chi connectivity index (χ1) is 9.77. The Kier molecular flexibility index (Phi) is 4.66. The first-order valence-corrected chi connectivity index (χ1v) is 7.08. The van der Waals surface area contributed by atoms with Crippen LogP contribution < -0.4 is 11.1 Å². The number of nitrogens with one attached hydrogen (secondary N) is 1. The Morgan fingerprint density at radius 1 is 1.24 bits per heavy atom. The molecule has 0 saturated heterocycles. The lowest BCUT2D eigenvalue weighted by atomic mass is 9.81. The van der Waals surface area contributed by atoms with Crippen molar-refractivity contribution in [1.29, 1.82) is 0 Å². The van der Waals surface area contributed by atoms with E-state index in [1.807, 2.05) is 0 Å². The molecule has 3 nitrogen and oxygen atoms in total. The van der Waals surface area contributed by atoms with Crippen LogP contribution in [0.2, 0.25) is 5.02 Å². The monoisotopic (exact) mass is 320 g/mol. The normalized spacial score (nSPS) is 22.9. The number of nitrogen functional groups attached to an aromatic ring is 1. The molecule has 0 aliphatic heterocycles. The van der Waals surface area contributed by atoms with Gasteiger partial charge in [-0.1, -0.05) is 11.6 Å². The van der Waals surface area contributed by atoms with Crippen LogP contribution >= 0.6 is 11.6 Å². The number of hydrogen-bond donors (Lipinski definition) is 2. The predicted molar refractivity (Wildman–Crippen MR) is 76.0 cm³/mol. The number of carbonyl (C=O) groups excluding carboxylic acids is 1. The maximum Gasteiger partial charge on any atom is 0.391 e. The fourth-order valence-corrected chi connectivity index (χ4v) is 2.75. The SMILES string of the molecule is Nc1cc(Cl)ccc1NC(=O)C1CCC(C(F)(F)F)CC1. The number of halogens is 4. The second-order valence-corrected chi connectivity index (χ2v) is 5.75. The van der Waals surface area contributed by atoms with Crippen LogP contribution in [0.5, 0.6) is 0 Å². The van der Waals surface area contributed by atoms with E-state index in [2.05, 4.69) is 5.32 Å². The number of nitrogens with two attached hydrogens (primary N) is 1. The Morgan fingerprint density at radius 3 is 2.38 bits per heavy atom. The molecule has 0 unspecified atom stereocenters. The zero-order valence-corrected chi connectivity index (χ0v) is 12.0. The predicted octanol–water partition coefficient (Wildman–Crippen LogP) is 4.23. The Balaban J connectivity index is 1.93. The van der Waals surface area contributed by atoms with E-state index in [1.165, 1.54) is 6.07 Å². The van der Waals surface area contributed by atoms with E-state index < -0.39 is 18.0 Å². The molecule has 0 atom stereocenters. The highest BCUT2D eigenvalue weighted by Gasteiger charge is 2.42. The van der Waals surface area contributed by atoms with Crippen LogP contribution in [0.4, 0.5) is 24.5 Å². The van der Waals surface area contributed by atoms with Gasteiger partial charge >= 0.3 is 6.18 Å². The van der Waals surface area contributed by atoms with Crippen molar-refractivity contribution in [2.75, 3.05) is 11.1 Å². The molecule has 1 saturated carbocycles. The Hall–Kier alpha value is -1.43. The van der Waals surface area contributed by atoms with E-state index in [-0.39, 0.29) is 31.6 Å². The molecule has 0 spiro atoms. The van der Waals surface area contributed by atoms with Gasteiger partial charge in [0.2, 0.25) is 5.91 Å². The molecule has 1 aromatic rings. The number of carbonyl (C=O) groups is 1. The van der Waals surface area contributed by atoms with Crippen LogP contribution in [0, 0.1) is 11.8 Å². The third-order valence-electron chi connectivity index (χ3n) is 3.83. The fraction of sp³-hybridized carbons (Fsp3) is 0.500. The van der Waals surface area contributed by atoms with Crippen LogP contribution in [0.3, 0.4) is 0 Å². The molecular formula is C14H16ClF3N2O. The minimum absolute atomic E-state index is 0.00229. The lowest BCUT2D eigenvalue weighted by Crippen LogP contribution is -2.32. The average Bonchev–Trinajstić information content (AvgIpc) is 2.41. The molecule has 1 amide bonds. The number of anilines is 2. The summed E-state index contributed by atoms with van der Waals surface area (Å²) >= 11 is 5.76.